The lowest BCUT2D eigenvalue weighted by molar-refractivity contribution is -0.112. The van der Waals surface area contributed by atoms with E-state index in [-0.39, 0.29) is 47.6 Å². The number of carbonyl (C=O) groups is 1. The Morgan fingerprint density at radius 2 is 2.07 bits per heavy atom. The highest BCUT2D eigenvalue weighted by Crippen LogP contribution is 2.20. The SMILES string of the molecule is CC(=O)C=C(N)C(=N)n1nc(OCC(/C=C/CCO)=N/O)c2ccccc2c1=N. The number of aliphatic hydroxyl groups is 1. The first kappa shape index (κ1) is 21.5. The van der Waals surface area contributed by atoms with Crippen LogP contribution in [0.1, 0.15) is 13.3 Å². The van der Waals surface area contributed by atoms with Gasteiger partial charge in [0.1, 0.15) is 12.3 Å². The largest absolute Gasteiger partial charge is 0.470 e. The van der Waals surface area contributed by atoms with Gasteiger partial charge in [-0.25, -0.2) is 0 Å². The Labute approximate surface area is 166 Å². The molecule has 2 rings (SSSR count). The Morgan fingerprint density at radius 1 is 1.38 bits per heavy atom. The zero-order valence-corrected chi connectivity index (χ0v) is 15.8. The maximum absolute atomic E-state index is 11.3. The number of carbonyl (C=O) groups excluding carboxylic acids is 1. The van der Waals surface area contributed by atoms with E-state index >= 15 is 0 Å². The molecule has 0 atom stereocenters. The third-order valence-electron chi connectivity index (χ3n) is 3.75. The van der Waals surface area contributed by atoms with E-state index in [1.165, 1.54) is 13.0 Å². The molecule has 10 heteroatoms. The summed E-state index contributed by atoms with van der Waals surface area (Å²) in [6.07, 6.45) is 4.60. The zero-order valence-electron chi connectivity index (χ0n) is 15.8. The smallest absolute Gasteiger partial charge is 0.240 e. The van der Waals surface area contributed by atoms with Gasteiger partial charge in [0.25, 0.3) is 0 Å². The Kier molecular flexibility index (Phi) is 7.38. The molecular weight excluding hydrogens is 376 g/mol. The van der Waals surface area contributed by atoms with Gasteiger partial charge in [-0.3, -0.25) is 15.6 Å². The van der Waals surface area contributed by atoms with Crippen molar-refractivity contribution in [2.45, 2.75) is 13.3 Å². The van der Waals surface area contributed by atoms with Gasteiger partial charge in [-0.15, -0.1) is 5.10 Å². The van der Waals surface area contributed by atoms with E-state index in [0.29, 0.717) is 17.2 Å². The first-order valence-electron chi connectivity index (χ1n) is 8.63. The maximum atomic E-state index is 11.3. The summed E-state index contributed by atoms with van der Waals surface area (Å²) >= 11 is 0. The average molecular weight is 398 g/mol. The molecule has 0 amide bonds. The standard InChI is InChI=1S/C19H22N6O4/c1-12(27)10-16(20)18(22)25-17(21)14-7-2-3-8-15(14)19(23-25)29-11-13(24-28)6-4-5-9-26/h2-4,6-8,10,21-22,26,28H,5,9,11,20H2,1H3/b6-4+,16-10?,21-17?,22-18?,24-13+. The van der Waals surface area contributed by atoms with Crippen LogP contribution in [0, 0.1) is 10.8 Å². The second-order valence-electron chi connectivity index (χ2n) is 5.96. The van der Waals surface area contributed by atoms with Crippen molar-refractivity contribution in [1.82, 2.24) is 9.78 Å². The van der Waals surface area contributed by atoms with E-state index < -0.39 is 0 Å². The topological polar surface area (TPSA) is 171 Å². The minimum absolute atomic E-state index is 0.0372. The van der Waals surface area contributed by atoms with Crippen molar-refractivity contribution in [3.63, 3.8) is 0 Å². The number of oxime groups is 1. The number of ether oxygens (including phenoxy) is 1. The Balaban J connectivity index is 2.47. The number of fused-ring (bicyclic) bond motifs is 1. The minimum atomic E-state index is -0.348. The predicted octanol–water partition coefficient (Wildman–Crippen LogP) is 0.920. The number of rotatable bonds is 8. The summed E-state index contributed by atoms with van der Waals surface area (Å²) in [6.45, 7) is 1.12. The molecule has 1 aromatic heterocycles. The molecule has 2 aromatic rings. The second kappa shape index (κ2) is 9.95. The normalized spacial score (nSPS) is 12.5. The monoisotopic (exact) mass is 398 g/mol. The van der Waals surface area contributed by atoms with E-state index in [9.17, 15) is 4.79 Å². The number of aromatic nitrogens is 2. The number of aliphatic hydroxyl groups excluding tert-OH is 1. The summed E-state index contributed by atoms with van der Waals surface area (Å²) in [5, 5.41) is 42.7. The van der Waals surface area contributed by atoms with Crippen molar-refractivity contribution >= 4 is 28.1 Å². The fraction of sp³-hybridized carbons (Fsp3) is 0.211. The fourth-order valence-corrected chi connectivity index (χ4v) is 2.41. The van der Waals surface area contributed by atoms with Gasteiger partial charge in [0.2, 0.25) is 5.88 Å². The second-order valence-corrected chi connectivity index (χ2v) is 5.96. The number of nitrogens with zero attached hydrogens (tertiary/aromatic N) is 3. The van der Waals surface area contributed by atoms with Crippen molar-refractivity contribution in [3.8, 4) is 5.88 Å². The lowest BCUT2D eigenvalue weighted by atomic mass is 10.2. The van der Waals surface area contributed by atoms with Crippen LogP contribution in [0.4, 0.5) is 0 Å². The lowest BCUT2D eigenvalue weighted by Gasteiger charge is -2.13. The molecule has 0 bridgehead atoms. The van der Waals surface area contributed by atoms with Gasteiger partial charge in [0.05, 0.1) is 5.70 Å². The summed E-state index contributed by atoms with van der Waals surface area (Å²) in [5.41, 5.74) is 5.72. The number of nitrogens with one attached hydrogen (secondary N) is 2. The van der Waals surface area contributed by atoms with Gasteiger partial charge in [-0.1, -0.05) is 29.4 Å². The van der Waals surface area contributed by atoms with Crippen molar-refractivity contribution in [2.75, 3.05) is 13.2 Å². The summed E-state index contributed by atoms with van der Waals surface area (Å²) in [4.78, 5) is 11.3. The number of benzene rings is 1. The maximum Gasteiger partial charge on any atom is 0.240 e. The first-order valence-corrected chi connectivity index (χ1v) is 8.63. The molecule has 152 valence electrons. The van der Waals surface area contributed by atoms with Crippen LogP contribution in [-0.2, 0) is 4.79 Å². The van der Waals surface area contributed by atoms with Gasteiger partial charge in [-0.05, 0) is 25.5 Å². The molecule has 6 N–H and O–H groups in total. The van der Waals surface area contributed by atoms with Crippen molar-refractivity contribution < 1.29 is 19.8 Å². The third kappa shape index (κ3) is 5.36. The number of allylic oxidation sites excluding steroid dienone is 2. The Morgan fingerprint density at radius 3 is 2.69 bits per heavy atom. The Hall–Kier alpha value is -3.79. The van der Waals surface area contributed by atoms with Crippen LogP contribution >= 0.6 is 0 Å². The highest BCUT2D eigenvalue weighted by Gasteiger charge is 2.14. The van der Waals surface area contributed by atoms with Crippen LogP contribution in [0.25, 0.3) is 10.8 Å². The van der Waals surface area contributed by atoms with E-state index in [2.05, 4.69) is 10.3 Å². The number of hydrogen-bond donors (Lipinski definition) is 5. The van der Waals surface area contributed by atoms with Crippen LogP contribution in [0.15, 0.2) is 53.3 Å². The molecule has 0 aliphatic heterocycles. The van der Waals surface area contributed by atoms with E-state index in [1.54, 1.807) is 30.3 Å². The molecule has 10 nitrogen and oxygen atoms in total. The van der Waals surface area contributed by atoms with Crippen molar-refractivity contribution in [3.05, 3.63) is 53.7 Å². The van der Waals surface area contributed by atoms with Crippen LogP contribution in [0.2, 0.25) is 0 Å². The minimum Gasteiger partial charge on any atom is -0.470 e. The van der Waals surface area contributed by atoms with Gasteiger partial charge >= 0.3 is 0 Å². The molecule has 0 radical (unpaired) electrons. The molecule has 1 heterocycles. The van der Waals surface area contributed by atoms with Gasteiger partial charge in [0, 0.05) is 23.5 Å². The molecule has 29 heavy (non-hydrogen) atoms. The lowest BCUT2D eigenvalue weighted by Crippen LogP contribution is -2.33. The highest BCUT2D eigenvalue weighted by atomic mass is 16.5. The van der Waals surface area contributed by atoms with Crippen molar-refractivity contribution in [1.29, 1.82) is 10.8 Å². The zero-order chi connectivity index (χ0) is 21.4. The summed E-state index contributed by atoms with van der Waals surface area (Å²) in [7, 11) is 0. The van der Waals surface area contributed by atoms with Crippen molar-refractivity contribution in [2.24, 2.45) is 10.9 Å². The summed E-state index contributed by atoms with van der Waals surface area (Å²) in [5.74, 6) is -0.594. The van der Waals surface area contributed by atoms with Crippen LogP contribution in [0.3, 0.4) is 0 Å². The molecule has 0 fully saturated rings. The Bertz CT molecular complexity index is 1070. The molecule has 0 spiro atoms. The molecule has 1 aromatic carbocycles. The van der Waals surface area contributed by atoms with Crippen LogP contribution in [0.5, 0.6) is 5.88 Å². The van der Waals surface area contributed by atoms with Gasteiger partial charge < -0.3 is 20.8 Å². The number of hydrogen-bond acceptors (Lipinski definition) is 9. The fourth-order valence-electron chi connectivity index (χ4n) is 2.41. The average Bonchev–Trinajstić information content (AvgIpc) is 2.71. The molecule has 0 aliphatic carbocycles. The summed E-state index contributed by atoms with van der Waals surface area (Å²) in [6, 6.07) is 6.85. The quantitative estimate of drug-likeness (QED) is 0.145. The first-order chi connectivity index (χ1) is 13.9. The predicted molar refractivity (Wildman–Crippen MR) is 107 cm³/mol. The van der Waals surface area contributed by atoms with Gasteiger partial charge in [-0.2, -0.15) is 4.68 Å². The molecular formula is C19H22N6O4. The van der Waals surface area contributed by atoms with E-state index in [4.69, 9.17) is 31.6 Å². The number of ketones is 1. The van der Waals surface area contributed by atoms with Gasteiger partial charge in [0.15, 0.2) is 17.1 Å². The molecule has 0 saturated heterocycles. The molecule has 0 aliphatic rings. The highest BCUT2D eigenvalue weighted by molar-refractivity contribution is 6.03. The molecule has 0 saturated carbocycles. The van der Waals surface area contributed by atoms with E-state index in [1.807, 2.05) is 0 Å². The van der Waals surface area contributed by atoms with E-state index in [0.717, 1.165) is 10.8 Å². The summed E-state index contributed by atoms with van der Waals surface area (Å²) < 4.78 is 6.63. The van der Waals surface area contributed by atoms with Crippen LogP contribution in [-0.4, -0.2) is 50.6 Å². The molecule has 0 unspecified atom stereocenters. The third-order valence-corrected chi connectivity index (χ3v) is 3.75. The van der Waals surface area contributed by atoms with Crippen LogP contribution < -0.4 is 16.0 Å². The number of nitrogens with two attached hydrogens (primary N) is 1.